The van der Waals surface area contributed by atoms with Crippen LogP contribution in [0, 0.1) is 0 Å². The molecule has 0 aliphatic rings. The van der Waals surface area contributed by atoms with Crippen molar-refractivity contribution in [3.8, 4) is 0 Å². The highest BCUT2D eigenvalue weighted by Crippen LogP contribution is 1.98. The van der Waals surface area contributed by atoms with Gasteiger partial charge < -0.3 is 19.1 Å². The molecule has 0 aromatic carbocycles. The average molecular weight is 329 g/mol. The van der Waals surface area contributed by atoms with Gasteiger partial charge in [-0.1, -0.05) is 20.4 Å². The Morgan fingerprint density at radius 1 is 0.870 bits per heavy atom. The molecule has 0 N–H and O–H groups in total. The molecule has 0 bridgehead atoms. The summed E-state index contributed by atoms with van der Waals surface area (Å²) in [6.07, 6.45) is -0.0822. The van der Waals surface area contributed by atoms with Gasteiger partial charge in [-0.2, -0.15) is 0 Å². The van der Waals surface area contributed by atoms with Crippen LogP contribution >= 0.6 is 0 Å². The van der Waals surface area contributed by atoms with Crippen LogP contribution in [0.1, 0.15) is 33.6 Å². The van der Waals surface area contributed by atoms with Crippen LogP contribution in [0.5, 0.6) is 0 Å². The molecule has 7 heteroatoms. The Morgan fingerprint density at radius 3 is 1.83 bits per heavy atom. The van der Waals surface area contributed by atoms with Crippen molar-refractivity contribution >= 4 is 17.9 Å². The second-order valence-electron chi connectivity index (χ2n) is 4.88. The molecular weight excluding hydrogens is 302 g/mol. The Morgan fingerprint density at radius 2 is 1.35 bits per heavy atom. The van der Waals surface area contributed by atoms with E-state index in [2.05, 4.69) is 11.5 Å². The molecule has 0 saturated carbocycles. The van der Waals surface area contributed by atoms with Crippen LogP contribution in [-0.2, 0) is 28.6 Å². The molecular formula is C16H27NO6. The first-order valence-corrected chi connectivity index (χ1v) is 7.76. The van der Waals surface area contributed by atoms with Gasteiger partial charge in [0.05, 0.1) is 12.8 Å². The molecule has 23 heavy (non-hydrogen) atoms. The predicted octanol–water partition coefficient (Wildman–Crippen LogP) is 1.31. The molecule has 7 nitrogen and oxygen atoms in total. The minimum atomic E-state index is -0.530. The van der Waals surface area contributed by atoms with Crippen molar-refractivity contribution < 1.29 is 28.6 Å². The van der Waals surface area contributed by atoms with Crippen molar-refractivity contribution in [3.05, 3.63) is 12.2 Å². The maximum Gasteiger partial charge on any atom is 0.333 e. The second-order valence-corrected chi connectivity index (χ2v) is 4.88. The lowest BCUT2D eigenvalue weighted by Gasteiger charge is -2.17. The fourth-order valence-corrected chi connectivity index (χ4v) is 1.59. The fraction of sp³-hybridized carbons (Fsp3) is 0.688. The summed E-state index contributed by atoms with van der Waals surface area (Å²) in [6, 6.07) is 0. The summed E-state index contributed by atoms with van der Waals surface area (Å²) in [5.41, 5.74) is 0.281. The second kappa shape index (κ2) is 12.6. The van der Waals surface area contributed by atoms with Crippen molar-refractivity contribution in [1.82, 2.24) is 4.90 Å². The van der Waals surface area contributed by atoms with Gasteiger partial charge in [0, 0.05) is 12.1 Å². The van der Waals surface area contributed by atoms with Gasteiger partial charge in [0.25, 0.3) is 0 Å². The minimum Gasteiger partial charge on any atom is -0.464 e. The van der Waals surface area contributed by atoms with Crippen molar-refractivity contribution in [2.75, 3.05) is 39.5 Å². The van der Waals surface area contributed by atoms with E-state index in [4.69, 9.17) is 14.2 Å². The molecule has 0 amide bonds. The smallest absolute Gasteiger partial charge is 0.333 e. The van der Waals surface area contributed by atoms with Crippen LogP contribution in [0.3, 0.4) is 0 Å². The van der Waals surface area contributed by atoms with E-state index in [0.29, 0.717) is 13.2 Å². The molecule has 0 atom stereocenters. The molecule has 0 unspecified atom stereocenters. The zero-order valence-corrected chi connectivity index (χ0v) is 14.3. The lowest BCUT2D eigenvalue weighted by atomic mass is 10.3. The number of likely N-dealkylation sites (N-methyl/N-ethyl adjacent to an activating group) is 1. The molecule has 132 valence electrons. The molecule has 0 fully saturated rings. The maximum absolute atomic E-state index is 11.5. The average Bonchev–Trinajstić information content (AvgIpc) is 2.53. The highest BCUT2D eigenvalue weighted by molar-refractivity contribution is 5.86. The van der Waals surface area contributed by atoms with Crippen molar-refractivity contribution in [3.63, 3.8) is 0 Å². The minimum absolute atomic E-state index is 0.0252. The molecule has 0 heterocycles. The molecule has 0 aliphatic heterocycles. The van der Waals surface area contributed by atoms with E-state index in [9.17, 15) is 14.4 Å². The van der Waals surface area contributed by atoms with E-state index in [-0.39, 0.29) is 31.6 Å². The van der Waals surface area contributed by atoms with Crippen molar-refractivity contribution in [1.29, 1.82) is 0 Å². The fourth-order valence-electron chi connectivity index (χ4n) is 1.59. The van der Waals surface area contributed by atoms with E-state index in [0.717, 1.165) is 13.1 Å². The number of hydrogen-bond acceptors (Lipinski definition) is 7. The monoisotopic (exact) mass is 329 g/mol. The van der Waals surface area contributed by atoms with Crippen LogP contribution < -0.4 is 0 Å². The standard InChI is InChI=1S/C16H27NO6/c1-5-17(6-2)9-10-21-14(18)7-8-15(19)22-11-12-23-16(20)13(3)4/h3,5-12H2,1-2,4H3. The number of rotatable bonds is 12. The largest absolute Gasteiger partial charge is 0.464 e. The maximum atomic E-state index is 11.5. The zero-order chi connectivity index (χ0) is 17.7. The number of ether oxygens (including phenoxy) is 3. The van der Waals surface area contributed by atoms with Crippen LogP contribution in [0.4, 0.5) is 0 Å². The number of hydrogen-bond donors (Lipinski definition) is 0. The molecule has 0 rings (SSSR count). The summed E-state index contributed by atoms with van der Waals surface area (Å²) < 4.78 is 14.6. The Labute approximate surface area is 137 Å². The summed E-state index contributed by atoms with van der Waals surface area (Å²) in [7, 11) is 0. The summed E-state index contributed by atoms with van der Waals surface area (Å²) in [5, 5.41) is 0. The zero-order valence-electron chi connectivity index (χ0n) is 14.3. The Balaban J connectivity index is 3.66. The molecule has 0 spiro atoms. The lowest BCUT2D eigenvalue weighted by Crippen LogP contribution is -2.28. The van der Waals surface area contributed by atoms with E-state index in [1.165, 1.54) is 6.92 Å². The number of carbonyl (C=O) groups excluding carboxylic acids is 3. The van der Waals surface area contributed by atoms with Crippen molar-refractivity contribution in [2.45, 2.75) is 33.6 Å². The van der Waals surface area contributed by atoms with Gasteiger partial charge in [0.2, 0.25) is 0 Å². The first kappa shape index (κ1) is 21.1. The predicted molar refractivity (Wildman–Crippen MR) is 84.7 cm³/mol. The quantitative estimate of drug-likeness (QED) is 0.231. The van der Waals surface area contributed by atoms with Crippen LogP contribution in [0.2, 0.25) is 0 Å². The van der Waals surface area contributed by atoms with Gasteiger partial charge >= 0.3 is 17.9 Å². The van der Waals surface area contributed by atoms with Crippen LogP contribution in [-0.4, -0.2) is 62.3 Å². The number of carbonyl (C=O) groups is 3. The van der Waals surface area contributed by atoms with E-state index < -0.39 is 17.9 Å². The SMILES string of the molecule is C=C(C)C(=O)OCCOC(=O)CCC(=O)OCCN(CC)CC. The number of nitrogens with zero attached hydrogens (tertiary/aromatic N) is 1. The first-order chi connectivity index (χ1) is 10.9. The van der Waals surface area contributed by atoms with Gasteiger partial charge in [-0.15, -0.1) is 0 Å². The van der Waals surface area contributed by atoms with E-state index >= 15 is 0 Å². The molecule has 0 radical (unpaired) electrons. The van der Waals surface area contributed by atoms with Crippen molar-refractivity contribution in [2.24, 2.45) is 0 Å². The highest BCUT2D eigenvalue weighted by Gasteiger charge is 2.10. The topological polar surface area (TPSA) is 82.1 Å². The van der Waals surface area contributed by atoms with Gasteiger partial charge in [-0.05, 0) is 20.0 Å². The van der Waals surface area contributed by atoms with Gasteiger partial charge in [-0.3, -0.25) is 9.59 Å². The normalized spacial score (nSPS) is 10.3. The Bertz CT molecular complexity index is 403. The van der Waals surface area contributed by atoms with Gasteiger partial charge in [0.1, 0.15) is 19.8 Å². The number of esters is 3. The van der Waals surface area contributed by atoms with Gasteiger partial charge in [0.15, 0.2) is 0 Å². The lowest BCUT2D eigenvalue weighted by molar-refractivity contribution is -0.153. The van der Waals surface area contributed by atoms with E-state index in [1.807, 2.05) is 13.8 Å². The van der Waals surface area contributed by atoms with Crippen LogP contribution in [0.15, 0.2) is 12.2 Å². The summed E-state index contributed by atoms with van der Waals surface area (Å²) in [6.45, 7) is 11.7. The molecule has 0 aliphatic carbocycles. The third kappa shape index (κ3) is 11.3. The Hall–Kier alpha value is -1.89. The highest BCUT2D eigenvalue weighted by atomic mass is 16.6. The Kier molecular flexibility index (Phi) is 11.6. The van der Waals surface area contributed by atoms with Gasteiger partial charge in [-0.25, -0.2) is 4.79 Å². The molecule has 0 aromatic rings. The summed E-state index contributed by atoms with van der Waals surface area (Å²) in [4.78, 5) is 36.1. The molecule has 0 aromatic heterocycles. The first-order valence-electron chi connectivity index (χ1n) is 7.76. The van der Waals surface area contributed by atoms with Crippen LogP contribution in [0.25, 0.3) is 0 Å². The third-order valence-corrected chi connectivity index (χ3v) is 3.03. The summed E-state index contributed by atoms with van der Waals surface area (Å²) in [5.74, 6) is -1.49. The molecule has 0 saturated heterocycles. The van der Waals surface area contributed by atoms with E-state index in [1.54, 1.807) is 0 Å². The summed E-state index contributed by atoms with van der Waals surface area (Å²) >= 11 is 0. The third-order valence-electron chi connectivity index (χ3n) is 3.03.